The van der Waals surface area contributed by atoms with Gasteiger partial charge in [-0.15, -0.1) is 0 Å². The van der Waals surface area contributed by atoms with Crippen LogP contribution in [0.3, 0.4) is 0 Å². The van der Waals surface area contributed by atoms with Crippen molar-refractivity contribution in [2.24, 2.45) is 5.92 Å². The van der Waals surface area contributed by atoms with E-state index in [0.717, 1.165) is 13.1 Å². The van der Waals surface area contributed by atoms with Crippen molar-refractivity contribution in [2.75, 3.05) is 13.1 Å². The third kappa shape index (κ3) is 3.87. The Bertz CT molecular complexity index is 455. The van der Waals surface area contributed by atoms with Crippen LogP contribution in [0.2, 0.25) is 0 Å². The molecule has 2 unspecified atom stereocenters. The Hall–Kier alpha value is -0.860. The van der Waals surface area contributed by atoms with E-state index in [4.69, 9.17) is 0 Å². The number of nitrogens with one attached hydrogen (secondary N) is 1. The van der Waals surface area contributed by atoms with Crippen LogP contribution < -0.4 is 5.32 Å². The topological polar surface area (TPSA) is 15.3 Å². The monoisotopic (exact) mass is 288 g/mol. The molecular formula is C19H32N2. The van der Waals surface area contributed by atoms with Gasteiger partial charge in [-0.1, -0.05) is 38.5 Å². The average Bonchev–Trinajstić information content (AvgIpc) is 2.42. The van der Waals surface area contributed by atoms with Gasteiger partial charge < -0.3 is 5.32 Å². The molecule has 1 heterocycles. The van der Waals surface area contributed by atoms with Gasteiger partial charge in [0.25, 0.3) is 0 Å². The van der Waals surface area contributed by atoms with Crippen LogP contribution in [0, 0.1) is 26.7 Å². The maximum Gasteiger partial charge on any atom is 0.0247 e. The molecule has 1 fully saturated rings. The first-order valence-corrected chi connectivity index (χ1v) is 8.46. The third-order valence-corrected chi connectivity index (χ3v) is 5.00. The van der Waals surface area contributed by atoms with Crippen molar-refractivity contribution in [1.82, 2.24) is 10.2 Å². The minimum Gasteiger partial charge on any atom is -0.311 e. The first kappa shape index (κ1) is 16.5. The van der Waals surface area contributed by atoms with E-state index in [1.807, 2.05) is 0 Å². The molecule has 2 heteroatoms. The van der Waals surface area contributed by atoms with Crippen molar-refractivity contribution in [1.29, 1.82) is 0 Å². The van der Waals surface area contributed by atoms with Gasteiger partial charge in [-0.05, 0) is 49.8 Å². The van der Waals surface area contributed by atoms with Crippen molar-refractivity contribution in [3.63, 3.8) is 0 Å². The Kier molecular flexibility index (Phi) is 5.45. The minimum atomic E-state index is 0.645. The van der Waals surface area contributed by atoms with Gasteiger partial charge in [0.05, 0.1) is 0 Å². The molecule has 1 N–H and O–H groups in total. The molecular weight excluding hydrogens is 256 g/mol. The van der Waals surface area contributed by atoms with Crippen molar-refractivity contribution >= 4 is 0 Å². The number of nitrogens with zero attached hydrogens (tertiary/aromatic N) is 1. The summed E-state index contributed by atoms with van der Waals surface area (Å²) in [6.07, 6.45) is 1.22. The lowest BCUT2D eigenvalue weighted by Crippen LogP contribution is -2.57. The number of hydrogen-bond donors (Lipinski definition) is 1. The maximum atomic E-state index is 3.71. The molecule has 0 amide bonds. The van der Waals surface area contributed by atoms with Gasteiger partial charge in [0.2, 0.25) is 0 Å². The summed E-state index contributed by atoms with van der Waals surface area (Å²) in [6.45, 7) is 17.1. The van der Waals surface area contributed by atoms with E-state index in [2.05, 4.69) is 63.9 Å². The van der Waals surface area contributed by atoms with E-state index in [9.17, 15) is 0 Å². The van der Waals surface area contributed by atoms with Crippen LogP contribution in [-0.2, 0) is 6.54 Å². The van der Waals surface area contributed by atoms with E-state index in [0.29, 0.717) is 18.0 Å². The SMILES string of the molecule is CCC1CN(Cc2c(C)cc(C)cc2C)C(C(C)C)CN1. The fraction of sp³-hybridized carbons (Fsp3) is 0.684. The quantitative estimate of drug-likeness (QED) is 0.906. The van der Waals surface area contributed by atoms with E-state index in [1.54, 1.807) is 0 Å². The number of benzene rings is 1. The van der Waals surface area contributed by atoms with E-state index < -0.39 is 0 Å². The fourth-order valence-electron chi connectivity index (χ4n) is 3.67. The van der Waals surface area contributed by atoms with Crippen LogP contribution in [0.1, 0.15) is 49.4 Å². The predicted octanol–water partition coefficient (Wildman–Crippen LogP) is 3.82. The second kappa shape index (κ2) is 6.93. The highest BCUT2D eigenvalue weighted by molar-refractivity contribution is 5.37. The first-order valence-electron chi connectivity index (χ1n) is 8.46. The van der Waals surface area contributed by atoms with E-state index in [-0.39, 0.29) is 0 Å². The summed E-state index contributed by atoms with van der Waals surface area (Å²) >= 11 is 0. The van der Waals surface area contributed by atoms with Crippen LogP contribution in [-0.4, -0.2) is 30.1 Å². The lowest BCUT2D eigenvalue weighted by molar-refractivity contribution is 0.0896. The van der Waals surface area contributed by atoms with E-state index in [1.165, 1.54) is 35.2 Å². The van der Waals surface area contributed by atoms with Gasteiger partial charge in [0.15, 0.2) is 0 Å². The lowest BCUT2D eigenvalue weighted by Gasteiger charge is -2.42. The van der Waals surface area contributed by atoms with Crippen LogP contribution in [0.4, 0.5) is 0 Å². The zero-order chi connectivity index (χ0) is 15.6. The van der Waals surface area contributed by atoms with Crippen LogP contribution in [0.5, 0.6) is 0 Å². The predicted molar refractivity (Wildman–Crippen MR) is 91.8 cm³/mol. The molecule has 1 aliphatic rings. The fourth-order valence-corrected chi connectivity index (χ4v) is 3.67. The molecule has 1 aromatic carbocycles. The lowest BCUT2D eigenvalue weighted by atomic mass is 9.94. The highest BCUT2D eigenvalue weighted by atomic mass is 15.2. The van der Waals surface area contributed by atoms with Gasteiger partial charge in [0, 0.05) is 31.7 Å². The number of rotatable bonds is 4. The zero-order valence-electron chi connectivity index (χ0n) is 14.7. The average molecular weight is 288 g/mol. The van der Waals surface area contributed by atoms with Gasteiger partial charge in [-0.2, -0.15) is 0 Å². The van der Waals surface area contributed by atoms with Gasteiger partial charge in [0.1, 0.15) is 0 Å². The summed E-state index contributed by atoms with van der Waals surface area (Å²) in [4.78, 5) is 2.71. The Morgan fingerprint density at radius 3 is 2.33 bits per heavy atom. The molecule has 2 atom stereocenters. The molecule has 0 radical (unpaired) electrons. The Balaban J connectivity index is 2.22. The Morgan fingerprint density at radius 1 is 1.19 bits per heavy atom. The third-order valence-electron chi connectivity index (χ3n) is 5.00. The second-order valence-corrected chi connectivity index (χ2v) is 7.13. The molecule has 2 nitrogen and oxygen atoms in total. The molecule has 1 saturated heterocycles. The molecule has 0 bridgehead atoms. The molecule has 21 heavy (non-hydrogen) atoms. The summed E-state index contributed by atoms with van der Waals surface area (Å²) in [7, 11) is 0. The van der Waals surface area contributed by atoms with Crippen LogP contribution in [0.15, 0.2) is 12.1 Å². The zero-order valence-corrected chi connectivity index (χ0v) is 14.7. The number of hydrogen-bond acceptors (Lipinski definition) is 2. The van der Waals surface area contributed by atoms with Crippen molar-refractivity contribution < 1.29 is 0 Å². The normalized spacial score (nSPS) is 23.8. The number of piperazine rings is 1. The molecule has 0 spiro atoms. The molecule has 1 aliphatic heterocycles. The smallest absolute Gasteiger partial charge is 0.0247 e. The van der Waals surface area contributed by atoms with Crippen molar-refractivity contribution in [2.45, 2.75) is 66.6 Å². The summed E-state index contributed by atoms with van der Waals surface area (Å²) in [5.41, 5.74) is 5.80. The first-order chi connectivity index (χ1) is 9.92. The highest BCUT2D eigenvalue weighted by Gasteiger charge is 2.29. The van der Waals surface area contributed by atoms with Crippen LogP contribution >= 0.6 is 0 Å². The largest absolute Gasteiger partial charge is 0.311 e. The summed E-state index contributed by atoms with van der Waals surface area (Å²) in [5, 5.41) is 3.71. The number of aryl methyl sites for hydroxylation is 3. The minimum absolute atomic E-state index is 0.645. The molecule has 0 aromatic heterocycles. The molecule has 118 valence electrons. The van der Waals surface area contributed by atoms with Gasteiger partial charge >= 0.3 is 0 Å². The second-order valence-electron chi connectivity index (χ2n) is 7.13. The Morgan fingerprint density at radius 2 is 1.81 bits per heavy atom. The Labute approximate surface area is 130 Å². The van der Waals surface area contributed by atoms with Crippen molar-refractivity contribution in [3.8, 4) is 0 Å². The summed E-state index contributed by atoms with van der Waals surface area (Å²) < 4.78 is 0. The molecule has 0 saturated carbocycles. The van der Waals surface area contributed by atoms with Crippen LogP contribution in [0.25, 0.3) is 0 Å². The van der Waals surface area contributed by atoms with Crippen molar-refractivity contribution in [3.05, 3.63) is 34.4 Å². The van der Waals surface area contributed by atoms with Gasteiger partial charge in [-0.3, -0.25) is 4.90 Å². The maximum absolute atomic E-state index is 3.71. The molecule has 0 aliphatic carbocycles. The summed E-state index contributed by atoms with van der Waals surface area (Å²) in [6, 6.07) is 5.94. The van der Waals surface area contributed by atoms with Gasteiger partial charge in [-0.25, -0.2) is 0 Å². The molecule has 1 aromatic rings. The highest BCUT2D eigenvalue weighted by Crippen LogP contribution is 2.23. The van der Waals surface area contributed by atoms with E-state index >= 15 is 0 Å². The standard InChI is InChI=1S/C19H32N2/c1-7-17-11-21(19(10-20-17)13(2)3)12-18-15(5)8-14(4)9-16(18)6/h8-9,13,17,19-20H,7,10-12H2,1-6H3. The summed E-state index contributed by atoms with van der Waals surface area (Å²) in [5.74, 6) is 0.696. The molecule has 2 rings (SSSR count).